The third-order valence-corrected chi connectivity index (χ3v) is 5.25. The quantitative estimate of drug-likeness (QED) is 0.887. The second-order valence-electron chi connectivity index (χ2n) is 6.77. The first-order chi connectivity index (χ1) is 9.74. The van der Waals surface area contributed by atoms with Crippen molar-refractivity contribution in [2.24, 2.45) is 0 Å². The van der Waals surface area contributed by atoms with Gasteiger partial charge in [-0.3, -0.25) is 4.90 Å². The van der Waals surface area contributed by atoms with Crippen LogP contribution < -0.4 is 5.32 Å². The number of benzene rings is 1. The molecule has 0 aromatic heterocycles. The summed E-state index contributed by atoms with van der Waals surface area (Å²) in [7, 11) is 0. The molecule has 2 fully saturated rings. The molecule has 0 radical (unpaired) electrons. The van der Waals surface area contributed by atoms with E-state index in [1.54, 1.807) is 5.56 Å². The third kappa shape index (κ3) is 3.07. The van der Waals surface area contributed by atoms with Gasteiger partial charge in [0.15, 0.2) is 0 Å². The summed E-state index contributed by atoms with van der Waals surface area (Å²) < 4.78 is 0. The van der Waals surface area contributed by atoms with E-state index in [0.29, 0.717) is 12.1 Å². The summed E-state index contributed by atoms with van der Waals surface area (Å²) in [5.74, 6) is 0.795. The van der Waals surface area contributed by atoms with E-state index >= 15 is 0 Å². The molecule has 1 saturated heterocycles. The van der Waals surface area contributed by atoms with Crippen LogP contribution in [0.25, 0.3) is 0 Å². The zero-order chi connectivity index (χ0) is 13.9. The van der Waals surface area contributed by atoms with Gasteiger partial charge in [0.05, 0.1) is 0 Å². The summed E-state index contributed by atoms with van der Waals surface area (Å²) in [5.41, 5.74) is 1.55. The molecule has 3 rings (SSSR count). The van der Waals surface area contributed by atoms with Gasteiger partial charge in [0.2, 0.25) is 0 Å². The van der Waals surface area contributed by atoms with Gasteiger partial charge in [-0.05, 0) is 51.0 Å². The molecule has 2 unspecified atom stereocenters. The number of nitrogens with one attached hydrogen (secondary N) is 1. The van der Waals surface area contributed by atoms with E-state index in [1.807, 2.05) is 0 Å². The number of hydrogen-bond donors (Lipinski definition) is 1. The molecule has 2 nitrogen and oxygen atoms in total. The highest BCUT2D eigenvalue weighted by molar-refractivity contribution is 5.20. The lowest BCUT2D eigenvalue weighted by Crippen LogP contribution is -2.58. The number of hydrogen-bond acceptors (Lipinski definition) is 2. The van der Waals surface area contributed by atoms with Gasteiger partial charge in [-0.2, -0.15) is 0 Å². The van der Waals surface area contributed by atoms with Crippen LogP contribution in [0.1, 0.15) is 51.0 Å². The molecule has 20 heavy (non-hydrogen) atoms. The summed E-state index contributed by atoms with van der Waals surface area (Å²) in [4.78, 5) is 2.77. The monoisotopic (exact) mass is 272 g/mol. The molecule has 1 heterocycles. The fourth-order valence-corrected chi connectivity index (χ4v) is 4.02. The summed E-state index contributed by atoms with van der Waals surface area (Å²) in [5, 5.41) is 3.59. The zero-order valence-corrected chi connectivity index (χ0v) is 12.9. The lowest BCUT2D eigenvalue weighted by molar-refractivity contribution is 0.0703. The summed E-state index contributed by atoms with van der Waals surface area (Å²) in [6.45, 7) is 7.07. The molecule has 1 aliphatic carbocycles. The summed E-state index contributed by atoms with van der Waals surface area (Å²) in [6, 6.07) is 13.3. The molecule has 110 valence electrons. The Kier molecular flexibility index (Phi) is 4.42. The van der Waals surface area contributed by atoms with E-state index in [9.17, 15) is 0 Å². The van der Waals surface area contributed by atoms with Gasteiger partial charge < -0.3 is 5.32 Å². The highest BCUT2D eigenvalue weighted by Gasteiger charge is 2.31. The Bertz CT molecular complexity index is 409. The van der Waals surface area contributed by atoms with Gasteiger partial charge in [0.25, 0.3) is 0 Å². The summed E-state index contributed by atoms with van der Waals surface area (Å²) >= 11 is 0. The number of rotatable bonds is 2. The van der Waals surface area contributed by atoms with E-state index in [-0.39, 0.29) is 0 Å². The molecule has 2 heteroatoms. The number of piperazine rings is 1. The number of nitrogens with zero attached hydrogens (tertiary/aromatic N) is 1. The molecule has 1 aromatic carbocycles. The lowest BCUT2D eigenvalue weighted by atomic mass is 9.80. The van der Waals surface area contributed by atoms with Crippen LogP contribution in [-0.2, 0) is 0 Å². The van der Waals surface area contributed by atoms with E-state index in [2.05, 4.69) is 54.4 Å². The van der Waals surface area contributed by atoms with Gasteiger partial charge in [-0.25, -0.2) is 0 Å². The molecular weight excluding hydrogens is 244 g/mol. The van der Waals surface area contributed by atoms with E-state index in [4.69, 9.17) is 0 Å². The maximum absolute atomic E-state index is 3.59. The van der Waals surface area contributed by atoms with E-state index in [0.717, 1.165) is 18.5 Å². The minimum absolute atomic E-state index is 0.651. The first kappa shape index (κ1) is 14.1. The van der Waals surface area contributed by atoms with Crippen LogP contribution in [0, 0.1) is 0 Å². The highest BCUT2D eigenvalue weighted by atomic mass is 15.2. The van der Waals surface area contributed by atoms with Crippen molar-refractivity contribution < 1.29 is 0 Å². The van der Waals surface area contributed by atoms with Crippen LogP contribution in [0.5, 0.6) is 0 Å². The Morgan fingerprint density at radius 2 is 1.70 bits per heavy atom. The Morgan fingerprint density at radius 3 is 2.40 bits per heavy atom. The lowest BCUT2D eigenvalue weighted by Gasteiger charge is -2.45. The van der Waals surface area contributed by atoms with Gasteiger partial charge in [-0.1, -0.05) is 30.3 Å². The molecule has 1 N–H and O–H groups in total. The maximum atomic E-state index is 3.59. The molecular formula is C18H28N2. The van der Waals surface area contributed by atoms with Crippen LogP contribution in [0.4, 0.5) is 0 Å². The van der Waals surface area contributed by atoms with Crippen molar-refractivity contribution in [2.75, 3.05) is 13.1 Å². The minimum Gasteiger partial charge on any atom is -0.311 e. The van der Waals surface area contributed by atoms with Gasteiger partial charge >= 0.3 is 0 Å². The van der Waals surface area contributed by atoms with Crippen LogP contribution in [0.3, 0.4) is 0 Å². The second kappa shape index (κ2) is 6.28. The van der Waals surface area contributed by atoms with Gasteiger partial charge in [-0.15, -0.1) is 0 Å². The Labute approximate surface area is 123 Å². The van der Waals surface area contributed by atoms with Crippen molar-refractivity contribution in [1.29, 1.82) is 0 Å². The molecule has 0 bridgehead atoms. The predicted octanol–water partition coefficient (Wildman–Crippen LogP) is 3.40. The van der Waals surface area contributed by atoms with Crippen molar-refractivity contribution in [2.45, 2.75) is 63.6 Å². The van der Waals surface area contributed by atoms with Crippen molar-refractivity contribution in [3.63, 3.8) is 0 Å². The average molecular weight is 272 g/mol. The minimum atomic E-state index is 0.651. The Balaban J connectivity index is 1.58. The highest BCUT2D eigenvalue weighted by Crippen LogP contribution is 2.35. The van der Waals surface area contributed by atoms with Crippen LogP contribution in [0.2, 0.25) is 0 Å². The predicted molar refractivity (Wildman–Crippen MR) is 85.1 cm³/mol. The molecule has 1 saturated carbocycles. The van der Waals surface area contributed by atoms with Crippen LogP contribution >= 0.6 is 0 Å². The molecule has 2 atom stereocenters. The average Bonchev–Trinajstić information content (AvgIpc) is 2.51. The second-order valence-corrected chi connectivity index (χ2v) is 6.77. The normalized spacial score (nSPS) is 35.9. The standard InChI is InChI=1S/C18H28N2/c1-14-13-20(15(2)12-19-14)18-10-8-17(9-11-18)16-6-4-3-5-7-16/h3-7,14-15,17-19H,8-13H2,1-2H3. The smallest absolute Gasteiger partial charge is 0.0196 e. The molecule has 0 amide bonds. The van der Waals surface area contributed by atoms with Crippen molar-refractivity contribution in [3.8, 4) is 0 Å². The van der Waals surface area contributed by atoms with Crippen molar-refractivity contribution >= 4 is 0 Å². The third-order valence-electron chi connectivity index (χ3n) is 5.25. The van der Waals surface area contributed by atoms with Crippen molar-refractivity contribution in [1.82, 2.24) is 10.2 Å². The van der Waals surface area contributed by atoms with Gasteiger partial charge in [0, 0.05) is 31.2 Å². The Morgan fingerprint density at radius 1 is 1.00 bits per heavy atom. The van der Waals surface area contributed by atoms with Crippen LogP contribution in [-0.4, -0.2) is 36.1 Å². The van der Waals surface area contributed by atoms with Crippen LogP contribution in [0.15, 0.2) is 30.3 Å². The SMILES string of the molecule is CC1CN(C2CCC(c3ccccc3)CC2)C(C)CN1. The topological polar surface area (TPSA) is 15.3 Å². The fraction of sp³-hybridized carbons (Fsp3) is 0.667. The van der Waals surface area contributed by atoms with E-state index in [1.165, 1.54) is 32.2 Å². The van der Waals surface area contributed by atoms with Gasteiger partial charge in [0.1, 0.15) is 0 Å². The first-order valence-corrected chi connectivity index (χ1v) is 8.28. The summed E-state index contributed by atoms with van der Waals surface area (Å²) in [6.07, 6.45) is 5.46. The fourth-order valence-electron chi connectivity index (χ4n) is 4.02. The molecule has 1 aliphatic heterocycles. The Hall–Kier alpha value is -0.860. The maximum Gasteiger partial charge on any atom is 0.0196 e. The first-order valence-electron chi connectivity index (χ1n) is 8.28. The molecule has 2 aliphatic rings. The van der Waals surface area contributed by atoms with E-state index < -0.39 is 0 Å². The largest absolute Gasteiger partial charge is 0.311 e. The van der Waals surface area contributed by atoms with Crippen molar-refractivity contribution in [3.05, 3.63) is 35.9 Å². The zero-order valence-electron chi connectivity index (χ0n) is 12.9. The molecule has 1 aromatic rings. The molecule has 0 spiro atoms.